The number of carbonyl (C=O) groups excluding carboxylic acids is 2. The zero-order chi connectivity index (χ0) is 17.0. The van der Waals surface area contributed by atoms with Crippen LogP contribution in [0, 0.1) is 29.3 Å². The Bertz CT molecular complexity index is 607. The Kier molecular flexibility index (Phi) is 5.63. The standard InChI is InChI=1S/C16H19F3N2O2/c1-2-3-4-7-20-15(22)9-8-10(9)16(23)21-12-6-5-11(17)13(18)14(12)19/h5-6,9-10H,2-4,7-8H2,1H3,(H,20,22)(H,21,23). The molecule has 0 radical (unpaired) electrons. The molecule has 0 aliphatic heterocycles. The number of amides is 2. The predicted molar refractivity (Wildman–Crippen MR) is 79.1 cm³/mol. The monoisotopic (exact) mass is 328 g/mol. The van der Waals surface area contributed by atoms with Crippen LogP contribution in [-0.2, 0) is 9.59 Å². The van der Waals surface area contributed by atoms with Crippen molar-refractivity contribution in [2.75, 3.05) is 11.9 Å². The molecule has 1 fully saturated rings. The van der Waals surface area contributed by atoms with Gasteiger partial charge in [-0.1, -0.05) is 19.8 Å². The average molecular weight is 328 g/mol. The van der Waals surface area contributed by atoms with Gasteiger partial charge in [-0.15, -0.1) is 0 Å². The number of unbranched alkanes of at least 4 members (excludes halogenated alkanes) is 2. The highest BCUT2D eigenvalue weighted by Gasteiger charge is 2.48. The molecule has 1 aliphatic rings. The van der Waals surface area contributed by atoms with Crippen molar-refractivity contribution in [1.29, 1.82) is 0 Å². The minimum Gasteiger partial charge on any atom is -0.356 e. The summed E-state index contributed by atoms with van der Waals surface area (Å²) in [7, 11) is 0. The van der Waals surface area contributed by atoms with Crippen LogP contribution in [0.2, 0.25) is 0 Å². The molecule has 2 N–H and O–H groups in total. The highest BCUT2D eigenvalue weighted by molar-refractivity contribution is 5.99. The van der Waals surface area contributed by atoms with Crippen molar-refractivity contribution in [1.82, 2.24) is 5.32 Å². The van der Waals surface area contributed by atoms with E-state index in [4.69, 9.17) is 0 Å². The second-order valence-electron chi connectivity index (χ2n) is 5.66. The lowest BCUT2D eigenvalue weighted by molar-refractivity contribution is -0.125. The van der Waals surface area contributed by atoms with Gasteiger partial charge in [0.05, 0.1) is 17.5 Å². The third-order valence-corrected chi connectivity index (χ3v) is 3.84. The maximum atomic E-state index is 13.5. The molecule has 4 nitrogen and oxygen atoms in total. The molecule has 7 heteroatoms. The normalized spacial score (nSPS) is 19.3. The number of halogens is 3. The Balaban J connectivity index is 1.84. The molecule has 0 bridgehead atoms. The Morgan fingerprint density at radius 2 is 1.78 bits per heavy atom. The van der Waals surface area contributed by atoms with E-state index in [1.165, 1.54) is 0 Å². The van der Waals surface area contributed by atoms with Gasteiger partial charge in [-0.3, -0.25) is 9.59 Å². The number of carbonyl (C=O) groups is 2. The summed E-state index contributed by atoms with van der Waals surface area (Å²) >= 11 is 0. The van der Waals surface area contributed by atoms with Gasteiger partial charge in [0, 0.05) is 6.54 Å². The van der Waals surface area contributed by atoms with Gasteiger partial charge in [0.15, 0.2) is 17.5 Å². The summed E-state index contributed by atoms with van der Waals surface area (Å²) in [4.78, 5) is 23.8. The van der Waals surface area contributed by atoms with Gasteiger partial charge < -0.3 is 10.6 Å². The zero-order valence-corrected chi connectivity index (χ0v) is 12.8. The molecule has 2 atom stereocenters. The first kappa shape index (κ1) is 17.3. The first-order chi connectivity index (χ1) is 11.0. The Morgan fingerprint density at radius 1 is 1.09 bits per heavy atom. The molecule has 0 heterocycles. The first-order valence-corrected chi connectivity index (χ1v) is 7.67. The summed E-state index contributed by atoms with van der Waals surface area (Å²) in [6, 6.07) is 1.69. The minimum absolute atomic E-state index is 0.202. The van der Waals surface area contributed by atoms with Gasteiger partial charge in [-0.05, 0) is 25.0 Å². The number of hydrogen-bond acceptors (Lipinski definition) is 2. The van der Waals surface area contributed by atoms with E-state index in [0.29, 0.717) is 13.0 Å². The third kappa shape index (κ3) is 4.24. The fourth-order valence-electron chi connectivity index (χ4n) is 2.34. The van der Waals surface area contributed by atoms with E-state index in [0.717, 1.165) is 31.4 Å². The average Bonchev–Trinajstić information content (AvgIpc) is 3.32. The van der Waals surface area contributed by atoms with Crippen LogP contribution in [0.5, 0.6) is 0 Å². The molecule has 23 heavy (non-hydrogen) atoms. The lowest BCUT2D eigenvalue weighted by Gasteiger charge is -2.07. The smallest absolute Gasteiger partial charge is 0.228 e. The van der Waals surface area contributed by atoms with E-state index >= 15 is 0 Å². The molecule has 0 spiro atoms. The number of hydrogen-bond donors (Lipinski definition) is 2. The highest BCUT2D eigenvalue weighted by Crippen LogP contribution is 2.39. The van der Waals surface area contributed by atoms with Gasteiger partial charge in [-0.25, -0.2) is 13.2 Å². The SMILES string of the molecule is CCCCCNC(=O)C1CC1C(=O)Nc1ccc(F)c(F)c1F. The maximum Gasteiger partial charge on any atom is 0.228 e. The molecular formula is C16H19F3N2O2. The van der Waals surface area contributed by atoms with Crippen LogP contribution >= 0.6 is 0 Å². The molecule has 1 aromatic rings. The number of nitrogens with one attached hydrogen (secondary N) is 2. The molecule has 1 saturated carbocycles. The third-order valence-electron chi connectivity index (χ3n) is 3.84. The minimum atomic E-state index is -1.64. The molecule has 1 aliphatic carbocycles. The van der Waals surface area contributed by atoms with Gasteiger partial charge in [0.1, 0.15) is 0 Å². The van der Waals surface area contributed by atoms with E-state index in [1.807, 2.05) is 0 Å². The summed E-state index contributed by atoms with van der Waals surface area (Å²) in [6.07, 6.45) is 3.32. The second kappa shape index (κ2) is 7.48. The van der Waals surface area contributed by atoms with Crippen molar-refractivity contribution in [3.8, 4) is 0 Å². The summed E-state index contributed by atoms with van der Waals surface area (Å²) < 4.78 is 39.4. The molecule has 2 unspecified atom stereocenters. The quantitative estimate of drug-likeness (QED) is 0.597. The van der Waals surface area contributed by atoms with Crippen molar-refractivity contribution in [3.63, 3.8) is 0 Å². The lowest BCUT2D eigenvalue weighted by Crippen LogP contribution is -2.28. The van der Waals surface area contributed by atoms with Crippen LogP contribution in [0.3, 0.4) is 0 Å². The van der Waals surface area contributed by atoms with Crippen molar-refractivity contribution in [2.45, 2.75) is 32.6 Å². The van der Waals surface area contributed by atoms with Crippen molar-refractivity contribution in [2.24, 2.45) is 11.8 Å². The van der Waals surface area contributed by atoms with E-state index < -0.39 is 40.9 Å². The van der Waals surface area contributed by atoms with Crippen LogP contribution in [0.15, 0.2) is 12.1 Å². The van der Waals surface area contributed by atoms with Crippen molar-refractivity contribution in [3.05, 3.63) is 29.6 Å². The van der Waals surface area contributed by atoms with Crippen LogP contribution in [0.1, 0.15) is 32.6 Å². The lowest BCUT2D eigenvalue weighted by atomic mass is 10.2. The summed E-state index contributed by atoms with van der Waals surface area (Å²) in [5.74, 6) is -6.17. The highest BCUT2D eigenvalue weighted by atomic mass is 19.2. The second-order valence-corrected chi connectivity index (χ2v) is 5.66. The largest absolute Gasteiger partial charge is 0.356 e. The zero-order valence-electron chi connectivity index (χ0n) is 12.8. The van der Waals surface area contributed by atoms with Crippen LogP contribution in [-0.4, -0.2) is 18.4 Å². The molecule has 2 rings (SSSR count). The summed E-state index contributed by atoms with van der Waals surface area (Å²) in [6.45, 7) is 2.62. The van der Waals surface area contributed by atoms with Gasteiger partial charge in [0.2, 0.25) is 11.8 Å². The van der Waals surface area contributed by atoms with Crippen LogP contribution in [0.25, 0.3) is 0 Å². The first-order valence-electron chi connectivity index (χ1n) is 7.67. The molecule has 126 valence electrons. The van der Waals surface area contributed by atoms with E-state index in [-0.39, 0.29) is 5.91 Å². The van der Waals surface area contributed by atoms with E-state index in [2.05, 4.69) is 17.6 Å². The molecule has 0 saturated heterocycles. The molecular weight excluding hydrogens is 309 g/mol. The summed E-state index contributed by atoms with van der Waals surface area (Å²) in [5.41, 5.74) is -0.428. The van der Waals surface area contributed by atoms with Crippen LogP contribution in [0.4, 0.5) is 18.9 Å². The van der Waals surface area contributed by atoms with Gasteiger partial charge in [-0.2, -0.15) is 0 Å². The Morgan fingerprint density at radius 3 is 2.48 bits per heavy atom. The predicted octanol–water partition coefficient (Wildman–Crippen LogP) is 2.98. The fraction of sp³-hybridized carbons (Fsp3) is 0.500. The van der Waals surface area contributed by atoms with Crippen molar-refractivity contribution < 1.29 is 22.8 Å². The van der Waals surface area contributed by atoms with E-state index in [1.54, 1.807) is 0 Å². The van der Waals surface area contributed by atoms with Gasteiger partial charge >= 0.3 is 0 Å². The van der Waals surface area contributed by atoms with Crippen molar-refractivity contribution >= 4 is 17.5 Å². The Labute approximate surface area is 132 Å². The maximum absolute atomic E-state index is 13.5. The fourth-order valence-corrected chi connectivity index (χ4v) is 2.34. The molecule has 1 aromatic carbocycles. The van der Waals surface area contributed by atoms with E-state index in [9.17, 15) is 22.8 Å². The van der Waals surface area contributed by atoms with Gasteiger partial charge in [0.25, 0.3) is 0 Å². The number of benzene rings is 1. The summed E-state index contributed by atoms with van der Waals surface area (Å²) in [5, 5.41) is 4.95. The molecule has 2 amide bonds. The topological polar surface area (TPSA) is 58.2 Å². The van der Waals surface area contributed by atoms with Crippen LogP contribution < -0.4 is 10.6 Å². The Hall–Kier alpha value is -2.05. The number of rotatable bonds is 7. The number of anilines is 1. The molecule has 0 aromatic heterocycles.